The lowest BCUT2D eigenvalue weighted by Gasteiger charge is -2.02. The SMILES string of the molecule is CCCCCn1nnnc1SCC(=O)CC#N. The maximum absolute atomic E-state index is 11.2. The smallest absolute Gasteiger partial charge is 0.209 e. The van der Waals surface area contributed by atoms with Gasteiger partial charge in [-0.1, -0.05) is 31.5 Å². The van der Waals surface area contributed by atoms with Gasteiger partial charge in [0, 0.05) is 6.54 Å². The minimum absolute atomic E-state index is 0.0512. The minimum atomic E-state index is -0.0967. The number of unbranched alkanes of at least 4 members (excludes halogenated alkanes) is 2. The predicted octanol–water partition coefficient (Wildman–Crippen LogP) is 1.44. The van der Waals surface area contributed by atoms with E-state index in [1.54, 1.807) is 4.68 Å². The molecule has 0 amide bonds. The van der Waals surface area contributed by atoms with Gasteiger partial charge in [0.05, 0.1) is 18.2 Å². The van der Waals surface area contributed by atoms with Gasteiger partial charge in [-0.2, -0.15) is 5.26 Å². The number of aromatic nitrogens is 4. The van der Waals surface area contributed by atoms with Crippen molar-refractivity contribution < 1.29 is 4.79 Å². The molecular formula is C10H15N5OS. The third kappa shape index (κ3) is 4.95. The monoisotopic (exact) mass is 253 g/mol. The van der Waals surface area contributed by atoms with Crippen molar-refractivity contribution in [3.63, 3.8) is 0 Å². The molecule has 0 N–H and O–H groups in total. The van der Waals surface area contributed by atoms with Crippen LogP contribution in [0.25, 0.3) is 0 Å². The van der Waals surface area contributed by atoms with E-state index in [1.807, 2.05) is 6.07 Å². The largest absolute Gasteiger partial charge is 0.298 e. The molecule has 0 bridgehead atoms. The van der Waals surface area contributed by atoms with E-state index < -0.39 is 0 Å². The van der Waals surface area contributed by atoms with Crippen molar-refractivity contribution in [2.75, 3.05) is 5.75 Å². The van der Waals surface area contributed by atoms with E-state index in [0.717, 1.165) is 25.8 Å². The first-order chi connectivity index (χ1) is 8.27. The molecule has 0 spiro atoms. The molecule has 17 heavy (non-hydrogen) atoms. The summed E-state index contributed by atoms with van der Waals surface area (Å²) in [5, 5.41) is 20.3. The van der Waals surface area contributed by atoms with Crippen LogP contribution in [0, 0.1) is 11.3 Å². The maximum atomic E-state index is 11.2. The van der Waals surface area contributed by atoms with Crippen molar-refractivity contribution in [3.8, 4) is 6.07 Å². The number of hydrogen-bond donors (Lipinski definition) is 0. The molecule has 0 atom stereocenters. The Bertz CT molecular complexity index is 398. The van der Waals surface area contributed by atoms with Crippen molar-refractivity contribution in [1.82, 2.24) is 20.2 Å². The Kier molecular flexibility index (Phi) is 6.25. The number of hydrogen-bond acceptors (Lipinski definition) is 6. The molecular weight excluding hydrogens is 238 g/mol. The van der Waals surface area contributed by atoms with Gasteiger partial charge in [0.15, 0.2) is 5.78 Å². The molecule has 0 fully saturated rings. The highest BCUT2D eigenvalue weighted by molar-refractivity contribution is 7.99. The van der Waals surface area contributed by atoms with Crippen molar-refractivity contribution in [2.24, 2.45) is 0 Å². The fourth-order valence-electron chi connectivity index (χ4n) is 1.24. The number of nitrogens with zero attached hydrogens (tertiary/aromatic N) is 5. The van der Waals surface area contributed by atoms with Crippen molar-refractivity contribution in [3.05, 3.63) is 0 Å². The molecule has 1 rings (SSSR count). The average Bonchev–Trinajstić information content (AvgIpc) is 2.75. The van der Waals surface area contributed by atoms with Crippen LogP contribution < -0.4 is 0 Å². The highest BCUT2D eigenvalue weighted by Crippen LogP contribution is 2.14. The Labute approximate surface area is 104 Å². The standard InChI is InChI=1S/C10H15N5OS/c1-2-3-4-7-15-10(12-13-14-15)17-8-9(16)5-6-11/h2-5,7-8H2,1H3. The molecule has 0 radical (unpaired) electrons. The molecule has 92 valence electrons. The molecule has 0 saturated heterocycles. The second-order valence-electron chi connectivity index (χ2n) is 3.55. The Morgan fingerprint density at radius 3 is 3.06 bits per heavy atom. The quantitative estimate of drug-likeness (QED) is 0.515. The lowest BCUT2D eigenvalue weighted by molar-refractivity contribution is -0.115. The van der Waals surface area contributed by atoms with Crippen LogP contribution in [0.3, 0.4) is 0 Å². The normalized spacial score (nSPS) is 10.1. The third-order valence-electron chi connectivity index (χ3n) is 2.11. The van der Waals surface area contributed by atoms with Crippen LogP contribution in [0.4, 0.5) is 0 Å². The van der Waals surface area contributed by atoms with Gasteiger partial charge in [-0.15, -0.1) is 5.10 Å². The number of rotatable bonds is 8. The van der Waals surface area contributed by atoms with E-state index in [2.05, 4.69) is 22.4 Å². The molecule has 1 aromatic rings. The lowest BCUT2D eigenvalue weighted by Crippen LogP contribution is -2.05. The minimum Gasteiger partial charge on any atom is -0.298 e. The summed E-state index contributed by atoms with van der Waals surface area (Å²) in [5.41, 5.74) is 0. The first-order valence-corrected chi connectivity index (χ1v) is 6.54. The molecule has 1 aromatic heterocycles. The van der Waals surface area contributed by atoms with Gasteiger partial charge in [-0.05, 0) is 16.8 Å². The van der Waals surface area contributed by atoms with Crippen molar-refractivity contribution in [1.29, 1.82) is 5.26 Å². The topological polar surface area (TPSA) is 84.5 Å². The molecule has 1 heterocycles. The summed E-state index contributed by atoms with van der Waals surface area (Å²) in [5.74, 6) is 0.155. The van der Waals surface area contributed by atoms with Gasteiger partial charge in [-0.3, -0.25) is 4.79 Å². The molecule has 0 aliphatic rings. The van der Waals surface area contributed by atoms with Crippen LogP contribution in [0.2, 0.25) is 0 Å². The lowest BCUT2D eigenvalue weighted by atomic mass is 10.2. The van der Waals surface area contributed by atoms with Crippen LogP contribution in [-0.2, 0) is 11.3 Å². The van der Waals surface area contributed by atoms with E-state index in [1.165, 1.54) is 11.8 Å². The summed E-state index contributed by atoms with van der Waals surface area (Å²) in [6.45, 7) is 2.91. The zero-order valence-electron chi connectivity index (χ0n) is 9.80. The second kappa shape index (κ2) is 7.79. The number of tetrazole rings is 1. The summed E-state index contributed by atoms with van der Waals surface area (Å²) in [7, 11) is 0. The molecule has 6 nitrogen and oxygen atoms in total. The Morgan fingerprint density at radius 1 is 1.53 bits per heavy atom. The van der Waals surface area contributed by atoms with E-state index in [-0.39, 0.29) is 18.0 Å². The fraction of sp³-hybridized carbons (Fsp3) is 0.700. The van der Waals surface area contributed by atoms with Crippen LogP contribution in [0.15, 0.2) is 5.16 Å². The number of carbonyl (C=O) groups excluding carboxylic acids is 1. The Hall–Kier alpha value is -1.42. The molecule has 7 heteroatoms. The summed E-state index contributed by atoms with van der Waals surface area (Å²) in [4.78, 5) is 11.2. The molecule has 0 aliphatic heterocycles. The number of aryl methyl sites for hydroxylation is 1. The summed E-state index contributed by atoms with van der Waals surface area (Å²) in [6.07, 6.45) is 3.26. The number of Topliss-reactive ketones (excluding diaryl/α,β-unsaturated/α-hetero) is 1. The number of ketones is 1. The van der Waals surface area contributed by atoms with E-state index >= 15 is 0 Å². The van der Waals surface area contributed by atoms with Gasteiger partial charge in [0.25, 0.3) is 0 Å². The average molecular weight is 253 g/mol. The van der Waals surface area contributed by atoms with Crippen molar-refractivity contribution >= 4 is 17.5 Å². The Morgan fingerprint density at radius 2 is 2.35 bits per heavy atom. The number of nitriles is 1. The van der Waals surface area contributed by atoms with Gasteiger partial charge in [0.1, 0.15) is 0 Å². The van der Waals surface area contributed by atoms with E-state index in [4.69, 9.17) is 5.26 Å². The van der Waals surface area contributed by atoms with Crippen LogP contribution in [0.5, 0.6) is 0 Å². The van der Waals surface area contributed by atoms with Gasteiger partial charge in [-0.25, -0.2) is 4.68 Å². The zero-order valence-corrected chi connectivity index (χ0v) is 10.6. The summed E-state index contributed by atoms with van der Waals surface area (Å²) >= 11 is 1.29. The fourth-order valence-corrected chi connectivity index (χ4v) is 2.00. The van der Waals surface area contributed by atoms with Crippen molar-refractivity contribution in [2.45, 2.75) is 44.3 Å². The molecule has 0 aromatic carbocycles. The van der Waals surface area contributed by atoms with Gasteiger partial charge in [0.2, 0.25) is 5.16 Å². The summed E-state index contributed by atoms with van der Waals surface area (Å²) in [6, 6.07) is 1.83. The molecule has 0 saturated carbocycles. The molecule has 0 aliphatic carbocycles. The number of thioether (sulfide) groups is 1. The van der Waals surface area contributed by atoms with Crippen LogP contribution >= 0.6 is 11.8 Å². The zero-order chi connectivity index (χ0) is 12.5. The first kappa shape index (κ1) is 13.6. The Balaban J connectivity index is 2.40. The van der Waals surface area contributed by atoms with Gasteiger partial charge >= 0.3 is 0 Å². The maximum Gasteiger partial charge on any atom is 0.209 e. The van der Waals surface area contributed by atoms with E-state index in [0.29, 0.717) is 5.16 Å². The number of carbonyl (C=O) groups is 1. The summed E-state index contributed by atoms with van der Waals surface area (Å²) < 4.78 is 1.71. The third-order valence-corrected chi connectivity index (χ3v) is 3.13. The van der Waals surface area contributed by atoms with Gasteiger partial charge < -0.3 is 0 Å². The second-order valence-corrected chi connectivity index (χ2v) is 4.50. The highest BCUT2D eigenvalue weighted by Gasteiger charge is 2.09. The van der Waals surface area contributed by atoms with E-state index in [9.17, 15) is 4.79 Å². The van der Waals surface area contributed by atoms with Crippen LogP contribution in [-0.4, -0.2) is 31.7 Å². The van der Waals surface area contributed by atoms with Crippen LogP contribution in [0.1, 0.15) is 32.6 Å². The molecule has 0 unspecified atom stereocenters. The predicted molar refractivity (Wildman–Crippen MR) is 63.3 cm³/mol. The first-order valence-electron chi connectivity index (χ1n) is 5.55. The highest BCUT2D eigenvalue weighted by atomic mass is 32.2.